The van der Waals surface area contributed by atoms with Crippen LogP contribution in [-0.4, -0.2) is 18.8 Å². The molecule has 0 aromatic heterocycles. The van der Waals surface area contributed by atoms with Crippen molar-refractivity contribution in [2.24, 2.45) is 11.7 Å². The SMILES string of the molecule is CC(C)OC(CN)C1CCCCCC1. The summed E-state index contributed by atoms with van der Waals surface area (Å²) in [5.74, 6) is 0.713. The third-order valence-electron chi connectivity index (χ3n) is 3.10. The van der Waals surface area contributed by atoms with Gasteiger partial charge in [-0.15, -0.1) is 0 Å². The quantitative estimate of drug-likeness (QED) is 0.707. The van der Waals surface area contributed by atoms with Crippen LogP contribution in [0.4, 0.5) is 0 Å². The van der Waals surface area contributed by atoms with E-state index >= 15 is 0 Å². The molecule has 1 unspecified atom stereocenters. The van der Waals surface area contributed by atoms with Crippen LogP contribution >= 0.6 is 0 Å². The molecule has 2 N–H and O–H groups in total. The minimum atomic E-state index is 0.299. The summed E-state index contributed by atoms with van der Waals surface area (Å²) in [6.45, 7) is 4.88. The first kappa shape index (κ1) is 12.0. The molecular formula is C12H25NO. The second-order valence-electron chi connectivity index (χ2n) is 4.71. The first-order valence-corrected chi connectivity index (χ1v) is 6.09. The zero-order chi connectivity index (χ0) is 10.4. The van der Waals surface area contributed by atoms with Crippen molar-refractivity contribution in [3.8, 4) is 0 Å². The van der Waals surface area contributed by atoms with Crippen molar-refractivity contribution in [1.82, 2.24) is 0 Å². The molecule has 14 heavy (non-hydrogen) atoms. The van der Waals surface area contributed by atoms with E-state index in [1.807, 2.05) is 0 Å². The summed E-state index contributed by atoms with van der Waals surface area (Å²) in [7, 11) is 0. The molecule has 1 rings (SSSR count). The summed E-state index contributed by atoms with van der Waals surface area (Å²) in [6, 6.07) is 0. The van der Waals surface area contributed by atoms with Gasteiger partial charge in [0.1, 0.15) is 0 Å². The molecule has 0 saturated heterocycles. The lowest BCUT2D eigenvalue weighted by atomic mass is 9.94. The van der Waals surface area contributed by atoms with Gasteiger partial charge in [0.25, 0.3) is 0 Å². The molecule has 0 heterocycles. The second-order valence-corrected chi connectivity index (χ2v) is 4.71. The molecule has 0 aromatic carbocycles. The molecular weight excluding hydrogens is 174 g/mol. The van der Waals surface area contributed by atoms with Crippen LogP contribution in [0.2, 0.25) is 0 Å². The third kappa shape index (κ3) is 3.97. The fraction of sp³-hybridized carbons (Fsp3) is 1.00. The van der Waals surface area contributed by atoms with Gasteiger partial charge in [-0.1, -0.05) is 25.7 Å². The predicted octanol–water partition coefficient (Wildman–Crippen LogP) is 2.71. The Hall–Kier alpha value is -0.0800. The van der Waals surface area contributed by atoms with Crippen LogP contribution in [0, 0.1) is 5.92 Å². The standard InChI is InChI=1S/C12H25NO/c1-10(2)14-12(9-13)11-7-5-3-4-6-8-11/h10-12H,3-9,13H2,1-2H3. The maximum atomic E-state index is 5.87. The number of hydrogen-bond donors (Lipinski definition) is 1. The Morgan fingerprint density at radius 2 is 1.71 bits per heavy atom. The van der Waals surface area contributed by atoms with E-state index in [2.05, 4.69) is 13.8 Å². The average Bonchev–Trinajstić information content (AvgIpc) is 2.41. The summed E-state index contributed by atoms with van der Waals surface area (Å²) < 4.78 is 5.87. The van der Waals surface area contributed by atoms with E-state index in [0.717, 1.165) is 0 Å². The van der Waals surface area contributed by atoms with E-state index in [9.17, 15) is 0 Å². The fourth-order valence-corrected chi connectivity index (χ4v) is 2.39. The lowest BCUT2D eigenvalue weighted by Gasteiger charge is -2.27. The van der Waals surface area contributed by atoms with E-state index in [1.54, 1.807) is 0 Å². The fourth-order valence-electron chi connectivity index (χ4n) is 2.39. The van der Waals surface area contributed by atoms with Crippen molar-refractivity contribution in [2.45, 2.75) is 64.6 Å². The van der Waals surface area contributed by atoms with E-state index in [1.165, 1.54) is 38.5 Å². The Balaban J connectivity index is 2.40. The van der Waals surface area contributed by atoms with E-state index in [0.29, 0.717) is 24.7 Å². The molecule has 1 aliphatic carbocycles. The Morgan fingerprint density at radius 1 is 1.14 bits per heavy atom. The largest absolute Gasteiger partial charge is 0.374 e. The Bertz CT molecular complexity index is 139. The van der Waals surface area contributed by atoms with Gasteiger partial charge >= 0.3 is 0 Å². The molecule has 2 nitrogen and oxygen atoms in total. The molecule has 1 fully saturated rings. The van der Waals surface area contributed by atoms with Crippen molar-refractivity contribution in [1.29, 1.82) is 0 Å². The number of ether oxygens (including phenoxy) is 1. The summed E-state index contributed by atoms with van der Waals surface area (Å²) in [4.78, 5) is 0. The summed E-state index contributed by atoms with van der Waals surface area (Å²) >= 11 is 0. The highest BCUT2D eigenvalue weighted by molar-refractivity contribution is 4.74. The third-order valence-corrected chi connectivity index (χ3v) is 3.10. The highest BCUT2D eigenvalue weighted by Gasteiger charge is 2.22. The minimum absolute atomic E-state index is 0.299. The van der Waals surface area contributed by atoms with Gasteiger partial charge < -0.3 is 10.5 Å². The molecule has 0 spiro atoms. The van der Waals surface area contributed by atoms with Crippen LogP contribution in [0.25, 0.3) is 0 Å². The van der Waals surface area contributed by atoms with Crippen molar-refractivity contribution in [3.63, 3.8) is 0 Å². The lowest BCUT2D eigenvalue weighted by Crippen LogP contribution is -2.33. The van der Waals surface area contributed by atoms with Gasteiger partial charge in [-0.25, -0.2) is 0 Å². The first-order valence-electron chi connectivity index (χ1n) is 6.09. The normalized spacial score (nSPS) is 22.3. The Morgan fingerprint density at radius 3 is 2.14 bits per heavy atom. The van der Waals surface area contributed by atoms with Crippen LogP contribution in [-0.2, 0) is 4.74 Å². The van der Waals surface area contributed by atoms with Crippen molar-refractivity contribution in [2.75, 3.05) is 6.54 Å². The summed E-state index contributed by atoms with van der Waals surface area (Å²) in [5.41, 5.74) is 5.78. The Kier molecular flexibility index (Phi) is 5.49. The molecule has 84 valence electrons. The van der Waals surface area contributed by atoms with E-state index in [-0.39, 0.29) is 0 Å². The molecule has 0 radical (unpaired) electrons. The minimum Gasteiger partial charge on any atom is -0.374 e. The lowest BCUT2D eigenvalue weighted by molar-refractivity contribution is -0.0244. The van der Waals surface area contributed by atoms with Gasteiger partial charge in [-0.05, 0) is 32.6 Å². The van der Waals surface area contributed by atoms with Gasteiger partial charge in [-0.2, -0.15) is 0 Å². The van der Waals surface area contributed by atoms with Crippen molar-refractivity contribution >= 4 is 0 Å². The van der Waals surface area contributed by atoms with Gasteiger partial charge in [0.15, 0.2) is 0 Å². The molecule has 0 aromatic rings. The van der Waals surface area contributed by atoms with Crippen LogP contribution in [0.3, 0.4) is 0 Å². The van der Waals surface area contributed by atoms with E-state index < -0.39 is 0 Å². The van der Waals surface area contributed by atoms with Gasteiger partial charge in [0, 0.05) is 6.54 Å². The zero-order valence-corrected chi connectivity index (χ0v) is 9.67. The van der Waals surface area contributed by atoms with Crippen LogP contribution in [0.1, 0.15) is 52.4 Å². The number of rotatable bonds is 4. The predicted molar refractivity (Wildman–Crippen MR) is 60.3 cm³/mol. The van der Waals surface area contributed by atoms with Gasteiger partial charge in [-0.3, -0.25) is 0 Å². The van der Waals surface area contributed by atoms with Crippen molar-refractivity contribution in [3.05, 3.63) is 0 Å². The van der Waals surface area contributed by atoms with Crippen LogP contribution in [0.15, 0.2) is 0 Å². The highest BCUT2D eigenvalue weighted by atomic mass is 16.5. The Labute approximate surface area is 88.2 Å². The molecule has 0 aliphatic heterocycles. The molecule has 0 bridgehead atoms. The summed E-state index contributed by atoms with van der Waals surface area (Å²) in [6.07, 6.45) is 8.76. The van der Waals surface area contributed by atoms with Gasteiger partial charge in [0.05, 0.1) is 12.2 Å². The topological polar surface area (TPSA) is 35.2 Å². The maximum absolute atomic E-state index is 5.87. The number of hydrogen-bond acceptors (Lipinski definition) is 2. The first-order chi connectivity index (χ1) is 6.74. The van der Waals surface area contributed by atoms with Crippen LogP contribution in [0.5, 0.6) is 0 Å². The zero-order valence-electron chi connectivity index (χ0n) is 9.67. The molecule has 2 heteroatoms. The number of nitrogens with two attached hydrogens (primary N) is 1. The van der Waals surface area contributed by atoms with Gasteiger partial charge in [0.2, 0.25) is 0 Å². The molecule has 1 saturated carbocycles. The average molecular weight is 199 g/mol. The maximum Gasteiger partial charge on any atom is 0.0728 e. The smallest absolute Gasteiger partial charge is 0.0728 e. The van der Waals surface area contributed by atoms with Crippen molar-refractivity contribution < 1.29 is 4.74 Å². The van der Waals surface area contributed by atoms with E-state index in [4.69, 9.17) is 10.5 Å². The molecule has 1 aliphatic rings. The van der Waals surface area contributed by atoms with Crippen LogP contribution < -0.4 is 5.73 Å². The molecule has 1 atom stereocenters. The highest BCUT2D eigenvalue weighted by Crippen LogP contribution is 2.27. The second kappa shape index (κ2) is 6.41. The monoisotopic (exact) mass is 199 g/mol. The molecule has 0 amide bonds. The summed E-state index contributed by atoms with van der Waals surface area (Å²) in [5, 5.41) is 0.